The van der Waals surface area contributed by atoms with Crippen LogP contribution < -0.4 is 40.2 Å². The molecule has 55 heavy (non-hydrogen) atoms. The van der Waals surface area contributed by atoms with E-state index < -0.39 is 38.8 Å². The minimum absolute atomic E-state index is 0.0122. The molecule has 0 bridgehead atoms. The van der Waals surface area contributed by atoms with Crippen LogP contribution in [0.2, 0.25) is 0 Å². The van der Waals surface area contributed by atoms with Gasteiger partial charge in [0.05, 0.1) is 16.8 Å². The van der Waals surface area contributed by atoms with Gasteiger partial charge in [-0.05, 0) is 54.0 Å². The fraction of sp³-hybridized carbons (Fsp3) is 0.233. The average molecular weight is 829 g/mol. The van der Waals surface area contributed by atoms with E-state index in [0.29, 0.717) is 24.6 Å². The third kappa shape index (κ3) is 8.90. The molecule has 1 aliphatic heterocycles. The first kappa shape index (κ1) is 40.3. The summed E-state index contributed by atoms with van der Waals surface area (Å²) in [5, 5.41) is 32.4. The van der Waals surface area contributed by atoms with Gasteiger partial charge in [-0.3, -0.25) is 18.8 Å². The van der Waals surface area contributed by atoms with Crippen LogP contribution in [0, 0.1) is 10.4 Å². The van der Waals surface area contributed by atoms with E-state index >= 15 is 0 Å². The van der Waals surface area contributed by atoms with Gasteiger partial charge >= 0.3 is 5.51 Å². The largest absolute Gasteiger partial charge is 0.741 e. The maximum absolute atomic E-state index is 11.6. The number of allylic oxidation sites excluding steroid dienone is 2. The van der Waals surface area contributed by atoms with Crippen LogP contribution in [0.15, 0.2) is 67.7 Å². The Balaban J connectivity index is 0.000000654. The SMILES string of the molecule is CCN1/C(=C/C=C/c2sc3ccc(OCc4no[n+]([O-])c4C(N)=O)cc3[n+]2CC)Sc2ccc(OCc3no[n+]([O-])c3C(N)=O)cc21.O=S(=O)([O-])C(F)(F)F. The van der Waals surface area contributed by atoms with Gasteiger partial charge in [0, 0.05) is 33.9 Å². The van der Waals surface area contributed by atoms with Gasteiger partial charge in [-0.15, -0.1) is 0 Å². The van der Waals surface area contributed by atoms with Crippen LogP contribution in [-0.4, -0.2) is 47.2 Å². The second-order valence-electron chi connectivity index (χ2n) is 10.8. The highest BCUT2D eigenvalue weighted by atomic mass is 32.2. The lowest BCUT2D eigenvalue weighted by molar-refractivity contribution is -0.803. The summed E-state index contributed by atoms with van der Waals surface area (Å²) in [5.74, 6) is -0.859. The summed E-state index contributed by atoms with van der Waals surface area (Å²) in [6.45, 7) is 5.18. The number of aryl methyl sites for hydroxylation is 1. The lowest BCUT2D eigenvalue weighted by Crippen LogP contribution is -2.35. The summed E-state index contributed by atoms with van der Waals surface area (Å²) in [6.07, 6.45) is 6.10. The minimum Gasteiger partial charge on any atom is -0.741 e. The third-order valence-electron chi connectivity index (χ3n) is 7.38. The van der Waals surface area contributed by atoms with Gasteiger partial charge in [-0.1, -0.05) is 29.2 Å². The lowest BCUT2D eigenvalue weighted by Gasteiger charge is -2.18. The Morgan fingerprint density at radius 1 is 0.964 bits per heavy atom. The summed E-state index contributed by atoms with van der Waals surface area (Å²) in [5.41, 5.74) is 6.00. The van der Waals surface area contributed by atoms with E-state index in [2.05, 4.69) is 42.9 Å². The van der Waals surface area contributed by atoms with Gasteiger partial charge in [0.1, 0.15) is 22.7 Å². The Labute approximate surface area is 315 Å². The molecule has 25 heteroatoms. The summed E-state index contributed by atoms with van der Waals surface area (Å²) in [4.78, 5) is 26.2. The van der Waals surface area contributed by atoms with E-state index in [1.807, 2.05) is 42.5 Å². The first-order valence-corrected chi connectivity index (χ1v) is 18.5. The van der Waals surface area contributed by atoms with Gasteiger partial charge < -0.3 is 40.8 Å². The number of hydrogen-bond donors (Lipinski definition) is 2. The van der Waals surface area contributed by atoms with Crippen LogP contribution in [0.1, 0.15) is 51.2 Å². The molecule has 0 unspecified atom stereocenters. The number of primary amides is 2. The third-order valence-corrected chi connectivity index (χ3v) is 10.2. The zero-order chi connectivity index (χ0) is 40.2. The highest BCUT2D eigenvalue weighted by Gasteiger charge is 2.37. The molecule has 4 N–H and O–H groups in total. The Kier molecular flexibility index (Phi) is 11.9. The maximum atomic E-state index is 11.6. The highest BCUT2D eigenvalue weighted by Crippen LogP contribution is 2.47. The molecule has 4 heterocycles. The topological polar surface area (TPSA) is 275 Å². The molecule has 0 aliphatic carbocycles. The fourth-order valence-corrected chi connectivity index (χ4v) is 7.20. The number of alkyl halides is 3. The van der Waals surface area contributed by atoms with Crippen LogP contribution in [0.4, 0.5) is 18.9 Å². The molecule has 0 spiro atoms. The van der Waals surface area contributed by atoms with Crippen molar-refractivity contribution >= 4 is 67.0 Å². The number of thiazole rings is 1. The number of halogens is 3. The van der Waals surface area contributed by atoms with Crippen LogP contribution in [-0.2, 0) is 29.9 Å². The number of amides is 2. The van der Waals surface area contributed by atoms with Crippen LogP contribution in [0.5, 0.6) is 11.5 Å². The fourth-order valence-electron chi connectivity index (χ4n) is 4.96. The standard InChI is InChI=1S/C29H26N8O8S2.CHF3O3S/c1-3-34-20-12-16(42-14-18-26(28(30)38)36(40)44-32-18)8-10-22(20)46-24(34)6-5-7-25-35(4-2)21-13-17(9-11-23(21)47-25)43-15-19-27(29(31)39)37(41)45-33-19;2-1(3,4)8(5,6)7/h5-13H,3-4,14-15H2,1-2H3,(H3-,30,31,38,39);(H,5,6,7). The molecule has 0 atom stereocenters. The first-order valence-electron chi connectivity index (χ1n) is 15.4. The van der Waals surface area contributed by atoms with Crippen LogP contribution in [0.25, 0.3) is 16.3 Å². The monoisotopic (exact) mass is 828 g/mol. The van der Waals surface area contributed by atoms with Crippen molar-refractivity contribution in [3.8, 4) is 11.5 Å². The average Bonchev–Trinajstić information content (AvgIpc) is 3.87. The second-order valence-corrected chi connectivity index (χ2v) is 14.3. The number of thioether (sulfide) groups is 1. The molecule has 0 saturated heterocycles. The highest BCUT2D eigenvalue weighted by molar-refractivity contribution is 8.03. The van der Waals surface area contributed by atoms with E-state index in [9.17, 15) is 33.2 Å². The number of nitrogens with two attached hydrogens (primary N) is 2. The van der Waals surface area contributed by atoms with E-state index in [1.165, 1.54) is 0 Å². The van der Waals surface area contributed by atoms with Crippen molar-refractivity contribution in [1.82, 2.24) is 10.3 Å². The molecule has 0 saturated carbocycles. The van der Waals surface area contributed by atoms with E-state index in [-0.39, 0.29) is 34.4 Å². The maximum Gasteiger partial charge on any atom is 0.485 e. The number of benzene rings is 2. The van der Waals surface area contributed by atoms with Gasteiger partial charge in [0.25, 0.3) is 39.6 Å². The number of ether oxygens (including phenoxy) is 2. The number of hydrogen-bond acceptors (Lipinski definition) is 16. The van der Waals surface area contributed by atoms with Crippen molar-refractivity contribution in [3.05, 3.63) is 91.8 Å². The molecule has 2 amide bonds. The molecule has 292 valence electrons. The Bertz CT molecular complexity index is 2430. The summed E-state index contributed by atoms with van der Waals surface area (Å²) >= 11 is 3.25. The van der Waals surface area contributed by atoms with Crippen molar-refractivity contribution < 1.29 is 68.8 Å². The number of nitrogens with zero attached hydrogens (tertiary/aromatic N) is 6. The smallest absolute Gasteiger partial charge is 0.485 e. The lowest BCUT2D eigenvalue weighted by atomic mass is 10.2. The number of fused-ring (bicyclic) bond motifs is 2. The quantitative estimate of drug-likeness (QED) is 0.0790. The Hall–Kier alpha value is -5.92. The van der Waals surface area contributed by atoms with Gasteiger partial charge in [0.2, 0.25) is 5.52 Å². The molecule has 1 aliphatic rings. The van der Waals surface area contributed by atoms with E-state index in [4.69, 9.17) is 33.9 Å². The number of carbonyl (C=O) groups is 2. The number of carbonyl (C=O) groups excluding carboxylic acids is 2. The second kappa shape index (κ2) is 16.2. The van der Waals surface area contributed by atoms with Crippen molar-refractivity contribution in [2.45, 2.75) is 44.0 Å². The van der Waals surface area contributed by atoms with Gasteiger partial charge in [-0.25, -0.2) is 8.42 Å². The molecule has 0 fully saturated rings. The van der Waals surface area contributed by atoms with E-state index in [0.717, 1.165) is 30.8 Å². The first-order chi connectivity index (χ1) is 25.9. The predicted octanol–water partition coefficient (Wildman–Crippen LogP) is 2.35. The van der Waals surface area contributed by atoms with E-state index in [1.54, 1.807) is 35.2 Å². The number of aromatic nitrogens is 5. The summed E-state index contributed by atoms with van der Waals surface area (Å²) in [7, 11) is -6.09. The molecule has 6 rings (SSSR count). The van der Waals surface area contributed by atoms with Gasteiger partial charge in [-0.2, -0.15) is 17.7 Å². The van der Waals surface area contributed by atoms with Crippen molar-refractivity contribution in [2.24, 2.45) is 11.5 Å². The molecule has 19 nitrogen and oxygen atoms in total. The van der Waals surface area contributed by atoms with Crippen molar-refractivity contribution in [2.75, 3.05) is 11.4 Å². The minimum atomic E-state index is -6.09. The number of anilines is 1. The molecule has 2 aromatic carbocycles. The zero-order valence-electron chi connectivity index (χ0n) is 28.2. The predicted molar refractivity (Wildman–Crippen MR) is 183 cm³/mol. The Morgan fingerprint density at radius 2 is 1.51 bits per heavy atom. The van der Waals surface area contributed by atoms with Gasteiger partial charge in [0.15, 0.2) is 23.3 Å². The molecule has 5 aromatic rings. The molecular formula is C30H27F3N8O11S3. The summed E-state index contributed by atoms with van der Waals surface area (Å²) < 4.78 is 82.7. The summed E-state index contributed by atoms with van der Waals surface area (Å²) in [6, 6.07) is 11.3. The molecule has 3 aromatic heterocycles. The van der Waals surface area contributed by atoms with Crippen LogP contribution in [0.3, 0.4) is 0 Å². The zero-order valence-corrected chi connectivity index (χ0v) is 30.7. The van der Waals surface area contributed by atoms with Crippen molar-refractivity contribution in [1.29, 1.82) is 0 Å². The molecule has 0 radical (unpaired) electrons. The van der Waals surface area contributed by atoms with Crippen LogP contribution >= 0.6 is 23.1 Å². The number of rotatable bonds is 12. The Morgan fingerprint density at radius 3 is 2.02 bits per heavy atom. The molecular weight excluding hydrogens is 802 g/mol. The van der Waals surface area contributed by atoms with Crippen molar-refractivity contribution in [3.63, 3.8) is 0 Å². The normalized spacial score (nSPS) is 13.6.